The fourth-order valence-corrected chi connectivity index (χ4v) is 1.82. The van der Waals surface area contributed by atoms with Gasteiger partial charge in [-0.3, -0.25) is 0 Å². The van der Waals surface area contributed by atoms with Gasteiger partial charge in [0.15, 0.2) is 11.5 Å². The van der Waals surface area contributed by atoms with E-state index in [1.54, 1.807) is 0 Å². The molecule has 0 aromatic heterocycles. The summed E-state index contributed by atoms with van der Waals surface area (Å²) in [5.41, 5.74) is 1.28. The number of alkyl halides is 1. The second-order valence-electron chi connectivity index (χ2n) is 3.51. The normalized spacial score (nSPS) is 15.3. The van der Waals surface area contributed by atoms with Crippen LogP contribution >= 0.6 is 22.6 Å². The highest BCUT2D eigenvalue weighted by Gasteiger charge is 2.12. The molecule has 0 spiro atoms. The van der Waals surface area contributed by atoms with Crippen molar-refractivity contribution in [1.82, 2.24) is 5.32 Å². The van der Waals surface area contributed by atoms with Crippen LogP contribution in [-0.4, -0.2) is 17.4 Å². The summed E-state index contributed by atoms with van der Waals surface area (Å²) >= 11 is 2.36. The third kappa shape index (κ3) is 2.98. The zero-order valence-electron chi connectivity index (χ0n) is 8.63. The van der Waals surface area contributed by atoms with E-state index in [1.165, 1.54) is 5.56 Å². The molecule has 82 valence electrons. The van der Waals surface area contributed by atoms with Crippen molar-refractivity contribution in [3.63, 3.8) is 0 Å². The van der Waals surface area contributed by atoms with Crippen LogP contribution in [0, 0.1) is 0 Å². The van der Waals surface area contributed by atoms with Gasteiger partial charge >= 0.3 is 0 Å². The first-order chi connectivity index (χ1) is 7.25. The zero-order chi connectivity index (χ0) is 10.7. The highest BCUT2D eigenvalue weighted by atomic mass is 127. The molecule has 0 bridgehead atoms. The van der Waals surface area contributed by atoms with Crippen LogP contribution in [0.3, 0.4) is 0 Å². The molecule has 1 unspecified atom stereocenters. The lowest BCUT2D eigenvalue weighted by atomic mass is 10.1. The molecule has 4 heteroatoms. The summed E-state index contributed by atoms with van der Waals surface area (Å²) < 4.78 is 11.1. The summed E-state index contributed by atoms with van der Waals surface area (Å²) in [5, 5.41) is 3.38. The second kappa shape index (κ2) is 5.03. The van der Waals surface area contributed by atoms with Crippen molar-refractivity contribution in [3.05, 3.63) is 23.8 Å². The van der Waals surface area contributed by atoms with Gasteiger partial charge in [0.05, 0.1) is 4.05 Å². The molecule has 0 aliphatic carbocycles. The number of ether oxygens (including phenoxy) is 2. The summed E-state index contributed by atoms with van der Waals surface area (Å²) in [4.78, 5) is 0. The summed E-state index contributed by atoms with van der Waals surface area (Å²) in [7, 11) is 0. The SMILES string of the molecule is CC(I)NCCc1ccc2c(c1)OCO2. The molecular formula is C11H14INO2. The maximum absolute atomic E-state index is 5.32. The number of hydrogen-bond acceptors (Lipinski definition) is 3. The van der Waals surface area contributed by atoms with Gasteiger partial charge < -0.3 is 14.8 Å². The molecule has 1 N–H and O–H groups in total. The fraction of sp³-hybridized carbons (Fsp3) is 0.455. The van der Waals surface area contributed by atoms with Gasteiger partial charge in [-0.2, -0.15) is 0 Å². The minimum Gasteiger partial charge on any atom is -0.454 e. The Morgan fingerprint density at radius 3 is 3.00 bits per heavy atom. The van der Waals surface area contributed by atoms with E-state index in [1.807, 2.05) is 6.07 Å². The van der Waals surface area contributed by atoms with Crippen molar-refractivity contribution < 1.29 is 9.47 Å². The zero-order valence-corrected chi connectivity index (χ0v) is 10.8. The molecule has 1 heterocycles. The van der Waals surface area contributed by atoms with Crippen molar-refractivity contribution in [3.8, 4) is 11.5 Å². The Morgan fingerprint density at radius 1 is 1.40 bits per heavy atom. The molecule has 0 saturated heterocycles. The van der Waals surface area contributed by atoms with Crippen LogP contribution in [0.25, 0.3) is 0 Å². The maximum atomic E-state index is 5.32. The standard InChI is InChI=1S/C11H14INO2/c1-8(12)13-5-4-9-2-3-10-11(6-9)15-7-14-10/h2-3,6,8,13H,4-5,7H2,1H3. The molecule has 3 nitrogen and oxygen atoms in total. The van der Waals surface area contributed by atoms with Gasteiger partial charge in [-0.15, -0.1) is 0 Å². The van der Waals surface area contributed by atoms with E-state index in [0.29, 0.717) is 10.8 Å². The van der Waals surface area contributed by atoms with Crippen molar-refractivity contribution in [1.29, 1.82) is 0 Å². The first kappa shape index (κ1) is 11.0. The van der Waals surface area contributed by atoms with Crippen LogP contribution in [0.5, 0.6) is 11.5 Å². The molecule has 0 radical (unpaired) electrons. The largest absolute Gasteiger partial charge is 0.454 e. The van der Waals surface area contributed by atoms with E-state index >= 15 is 0 Å². The maximum Gasteiger partial charge on any atom is 0.231 e. The van der Waals surface area contributed by atoms with E-state index in [9.17, 15) is 0 Å². The topological polar surface area (TPSA) is 30.5 Å². The fourth-order valence-electron chi connectivity index (χ4n) is 1.51. The minimum absolute atomic E-state index is 0.349. The van der Waals surface area contributed by atoms with E-state index in [2.05, 4.69) is 47.0 Å². The Labute approximate surface area is 103 Å². The third-order valence-corrected chi connectivity index (χ3v) is 2.72. The molecule has 1 aliphatic heterocycles. The first-order valence-electron chi connectivity index (χ1n) is 5.01. The molecule has 15 heavy (non-hydrogen) atoms. The average molecular weight is 319 g/mol. The predicted molar refractivity (Wildman–Crippen MR) is 67.8 cm³/mol. The lowest BCUT2D eigenvalue weighted by molar-refractivity contribution is 0.174. The summed E-state index contributed by atoms with van der Waals surface area (Å²) in [5.74, 6) is 1.73. The van der Waals surface area contributed by atoms with Crippen molar-refractivity contribution in [2.24, 2.45) is 0 Å². The van der Waals surface area contributed by atoms with Gasteiger partial charge in [-0.05, 0) is 31.0 Å². The Hall–Kier alpha value is -0.490. The number of halogens is 1. The van der Waals surface area contributed by atoms with Gasteiger partial charge in [0.2, 0.25) is 6.79 Å². The van der Waals surface area contributed by atoms with E-state index < -0.39 is 0 Å². The lowest BCUT2D eigenvalue weighted by Crippen LogP contribution is -2.22. The monoisotopic (exact) mass is 319 g/mol. The summed E-state index contributed by atoms with van der Waals surface area (Å²) in [6.07, 6.45) is 1.02. The first-order valence-corrected chi connectivity index (χ1v) is 6.26. The smallest absolute Gasteiger partial charge is 0.231 e. The van der Waals surface area contributed by atoms with Crippen molar-refractivity contribution >= 4 is 22.6 Å². The highest BCUT2D eigenvalue weighted by molar-refractivity contribution is 14.1. The van der Waals surface area contributed by atoms with Crippen LogP contribution in [0.1, 0.15) is 12.5 Å². The summed E-state index contributed by atoms with van der Waals surface area (Å²) in [6.45, 7) is 3.48. The van der Waals surface area contributed by atoms with Gasteiger partial charge in [0.25, 0.3) is 0 Å². The highest BCUT2D eigenvalue weighted by Crippen LogP contribution is 2.32. The Bertz CT molecular complexity index is 341. The van der Waals surface area contributed by atoms with E-state index in [0.717, 1.165) is 24.5 Å². The number of hydrogen-bond donors (Lipinski definition) is 1. The van der Waals surface area contributed by atoms with E-state index in [4.69, 9.17) is 9.47 Å². The minimum atomic E-state index is 0.349. The molecule has 1 atom stereocenters. The molecule has 0 fully saturated rings. The third-order valence-electron chi connectivity index (χ3n) is 2.28. The summed E-state index contributed by atoms with van der Waals surface area (Å²) in [6, 6.07) is 6.13. The number of nitrogens with one attached hydrogen (secondary N) is 1. The van der Waals surface area contributed by atoms with Crippen LogP contribution in [0.2, 0.25) is 0 Å². The van der Waals surface area contributed by atoms with Gasteiger partial charge in [-0.1, -0.05) is 28.7 Å². The van der Waals surface area contributed by atoms with Gasteiger partial charge in [0, 0.05) is 6.54 Å². The van der Waals surface area contributed by atoms with Crippen molar-refractivity contribution in [2.45, 2.75) is 17.4 Å². The Balaban J connectivity index is 1.92. The number of benzene rings is 1. The molecular weight excluding hydrogens is 305 g/mol. The average Bonchev–Trinajstić information content (AvgIpc) is 2.64. The number of rotatable bonds is 4. The molecule has 1 aromatic carbocycles. The number of fused-ring (bicyclic) bond motifs is 1. The molecule has 1 aliphatic rings. The molecule has 2 rings (SSSR count). The Kier molecular flexibility index (Phi) is 3.69. The van der Waals surface area contributed by atoms with E-state index in [-0.39, 0.29) is 0 Å². The van der Waals surface area contributed by atoms with Crippen LogP contribution in [0.15, 0.2) is 18.2 Å². The second-order valence-corrected chi connectivity index (χ2v) is 5.38. The quantitative estimate of drug-likeness (QED) is 0.525. The van der Waals surface area contributed by atoms with Crippen molar-refractivity contribution in [2.75, 3.05) is 13.3 Å². The molecule has 1 aromatic rings. The van der Waals surface area contributed by atoms with Crippen LogP contribution < -0.4 is 14.8 Å². The van der Waals surface area contributed by atoms with Crippen LogP contribution in [0.4, 0.5) is 0 Å². The Morgan fingerprint density at radius 2 is 2.20 bits per heavy atom. The van der Waals surface area contributed by atoms with Gasteiger partial charge in [-0.25, -0.2) is 0 Å². The molecule has 0 amide bonds. The van der Waals surface area contributed by atoms with Crippen LogP contribution in [-0.2, 0) is 6.42 Å². The predicted octanol–water partition coefficient (Wildman–Crippen LogP) is 2.33. The molecule has 0 saturated carbocycles. The lowest BCUT2D eigenvalue weighted by Gasteiger charge is -2.07. The van der Waals surface area contributed by atoms with Gasteiger partial charge in [0.1, 0.15) is 0 Å².